The largest absolute Gasteiger partial charge is 0.373 e. The highest BCUT2D eigenvalue weighted by molar-refractivity contribution is 5.89. The van der Waals surface area contributed by atoms with E-state index in [1.807, 2.05) is 17.2 Å². The van der Waals surface area contributed by atoms with Gasteiger partial charge in [0.1, 0.15) is 6.23 Å². The Bertz CT molecular complexity index is 1100. The third-order valence-electron chi connectivity index (χ3n) is 6.55. The van der Waals surface area contributed by atoms with Gasteiger partial charge in [-0.15, -0.1) is 0 Å². The van der Waals surface area contributed by atoms with Crippen molar-refractivity contribution < 1.29 is 14.3 Å². The number of pyridine rings is 1. The number of aromatic nitrogens is 3. The number of rotatable bonds is 4. The minimum absolute atomic E-state index is 0.0390. The second-order valence-corrected chi connectivity index (χ2v) is 8.40. The molecule has 0 radical (unpaired) electrons. The number of benzene rings is 1. The van der Waals surface area contributed by atoms with Crippen LogP contribution in [0.15, 0.2) is 55.2 Å². The summed E-state index contributed by atoms with van der Waals surface area (Å²) in [4.78, 5) is 27.8. The van der Waals surface area contributed by atoms with Crippen molar-refractivity contribution >= 4 is 16.7 Å². The molecule has 0 bridgehead atoms. The molecule has 2 saturated heterocycles. The maximum Gasteiger partial charge on any atom is 0.257 e. The highest BCUT2D eigenvalue weighted by Gasteiger charge is 2.63. The van der Waals surface area contributed by atoms with Crippen LogP contribution in [0.25, 0.3) is 10.8 Å². The van der Waals surface area contributed by atoms with Gasteiger partial charge >= 0.3 is 0 Å². The zero-order valence-electron chi connectivity index (χ0n) is 16.5. The van der Waals surface area contributed by atoms with E-state index in [2.05, 4.69) is 33.2 Å². The third kappa shape index (κ3) is 2.80. The number of hydrogen-bond donors (Lipinski definition) is 0. The van der Waals surface area contributed by atoms with Crippen LogP contribution in [0.4, 0.5) is 0 Å². The Labute approximate surface area is 174 Å². The number of carbonyl (C=O) groups excluding carboxylic acids is 1. The van der Waals surface area contributed by atoms with Crippen molar-refractivity contribution in [2.75, 3.05) is 0 Å². The second kappa shape index (κ2) is 6.82. The lowest BCUT2D eigenvalue weighted by molar-refractivity contribution is -0.177. The molecule has 30 heavy (non-hydrogen) atoms. The predicted molar refractivity (Wildman–Crippen MR) is 108 cm³/mol. The Morgan fingerprint density at radius 2 is 1.97 bits per heavy atom. The summed E-state index contributed by atoms with van der Waals surface area (Å²) in [6.45, 7) is 0.530. The average molecular weight is 402 g/mol. The molecule has 1 aliphatic carbocycles. The van der Waals surface area contributed by atoms with E-state index in [9.17, 15) is 4.79 Å². The maximum atomic E-state index is 13.2. The number of amides is 1. The van der Waals surface area contributed by atoms with Gasteiger partial charge in [0.15, 0.2) is 5.60 Å². The molecule has 7 heteroatoms. The van der Waals surface area contributed by atoms with Crippen LogP contribution in [0.3, 0.4) is 0 Å². The van der Waals surface area contributed by atoms with E-state index in [4.69, 9.17) is 9.47 Å². The number of fused-ring (bicyclic) bond motifs is 2. The molecule has 4 heterocycles. The van der Waals surface area contributed by atoms with Gasteiger partial charge in [0, 0.05) is 43.0 Å². The van der Waals surface area contributed by atoms with Gasteiger partial charge in [-0.25, -0.2) is 0 Å². The van der Waals surface area contributed by atoms with Crippen LogP contribution in [0, 0.1) is 0 Å². The van der Waals surface area contributed by atoms with Gasteiger partial charge in [-0.1, -0.05) is 12.1 Å². The van der Waals surface area contributed by atoms with Crippen LogP contribution in [-0.2, 0) is 20.9 Å². The lowest BCUT2D eigenvalue weighted by Crippen LogP contribution is -2.54. The van der Waals surface area contributed by atoms with Gasteiger partial charge in [0.05, 0.1) is 30.6 Å². The highest BCUT2D eigenvalue weighted by atomic mass is 16.6. The van der Waals surface area contributed by atoms with Crippen LogP contribution >= 0.6 is 0 Å². The molecule has 3 fully saturated rings. The van der Waals surface area contributed by atoms with E-state index < -0.39 is 5.60 Å². The standard InChI is InChI=1S/C23H22N4O3/c28-22-23(30-21-4-3-20(27(21)22)19-13-25-7-8-26-19)10-18(11-23)29-14-15-1-2-17-12-24-6-5-16(17)9-15/h1-2,5-9,12-13,18,20-21H,3-4,10-11,14H2/t18?,20-,21?,23?/m0/s1. The monoisotopic (exact) mass is 402 g/mol. The number of nitrogens with zero attached hydrogens (tertiary/aromatic N) is 4. The third-order valence-corrected chi connectivity index (χ3v) is 6.55. The first-order valence-electron chi connectivity index (χ1n) is 10.4. The minimum Gasteiger partial charge on any atom is -0.373 e. The van der Waals surface area contributed by atoms with E-state index in [1.54, 1.807) is 24.8 Å². The Balaban J connectivity index is 1.10. The minimum atomic E-state index is -0.717. The summed E-state index contributed by atoms with van der Waals surface area (Å²) >= 11 is 0. The molecule has 1 spiro atoms. The van der Waals surface area contributed by atoms with Gasteiger partial charge in [0.2, 0.25) is 0 Å². The molecule has 3 aliphatic rings. The second-order valence-electron chi connectivity index (χ2n) is 8.40. The van der Waals surface area contributed by atoms with E-state index >= 15 is 0 Å². The van der Waals surface area contributed by atoms with Gasteiger partial charge in [-0.2, -0.15) is 0 Å². The van der Waals surface area contributed by atoms with E-state index in [1.165, 1.54) is 0 Å². The van der Waals surface area contributed by atoms with Gasteiger partial charge in [-0.05, 0) is 35.9 Å². The summed E-state index contributed by atoms with van der Waals surface area (Å²) in [5.74, 6) is 0.0821. The number of carbonyl (C=O) groups is 1. The molecule has 1 saturated carbocycles. The first-order chi connectivity index (χ1) is 14.7. The smallest absolute Gasteiger partial charge is 0.257 e. The number of ether oxygens (including phenoxy) is 2. The van der Waals surface area contributed by atoms with Gasteiger partial charge in [0.25, 0.3) is 5.91 Å². The molecule has 2 aliphatic heterocycles. The van der Waals surface area contributed by atoms with Gasteiger partial charge in [-0.3, -0.25) is 19.7 Å². The molecule has 7 nitrogen and oxygen atoms in total. The normalized spacial score (nSPS) is 30.1. The average Bonchev–Trinajstić information content (AvgIpc) is 3.30. The lowest BCUT2D eigenvalue weighted by Gasteiger charge is -2.42. The van der Waals surface area contributed by atoms with Crippen molar-refractivity contribution in [2.24, 2.45) is 0 Å². The van der Waals surface area contributed by atoms with Crippen LogP contribution in [0.1, 0.15) is 43.0 Å². The van der Waals surface area contributed by atoms with Gasteiger partial charge < -0.3 is 14.4 Å². The zero-order chi connectivity index (χ0) is 20.1. The van der Waals surface area contributed by atoms with Crippen LogP contribution in [-0.4, -0.2) is 43.7 Å². The van der Waals surface area contributed by atoms with Crippen LogP contribution in [0.2, 0.25) is 0 Å². The first kappa shape index (κ1) is 17.9. The molecule has 6 rings (SSSR count). The fraction of sp³-hybridized carbons (Fsp3) is 0.391. The summed E-state index contributed by atoms with van der Waals surface area (Å²) in [5.41, 5.74) is 1.25. The van der Waals surface area contributed by atoms with Crippen molar-refractivity contribution in [3.63, 3.8) is 0 Å². The molecule has 2 aromatic heterocycles. The topological polar surface area (TPSA) is 77.4 Å². The molecule has 1 unspecified atom stereocenters. The molecule has 1 amide bonds. The lowest BCUT2D eigenvalue weighted by atomic mass is 9.76. The Hall–Kier alpha value is -2.90. The molecular weight excluding hydrogens is 380 g/mol. The molecular formula is C23H22N4O3. The summed E-state index contributed by atoms with van der Waals surface area (Å²) in [5, 5.41) is 2.27. The van der Waals surface area contributed by atoms with Crippen molar-refractivity contribution in [3.8, 4) is 0 Å². The van der Waals surface area contributed by atoms with E-state index in [0.717, 1.165) is 34.9 Å². The van der Waals surface area contributed by atoms with Crippen molar-refractivity contribution in [3.05, 3.63) is 66.5 Å². The highest BCUT2D eigenvalue weighted by Crippen LogP contribution is 2.51. The Morgan fingerprint density at radius 1 is 1.07 bits per heavy atom. The molecule has 2 atom stereocenters. The predicted octanol–water partition coefficient (Wildman–Crippen LogP) is 3.16. The van der Waals surface area contributed by atoms with Crippen LogP contribution in [0.5, 0.6) is 0 Å². The summed E-state index contributed by atoms with van der Waals surface area (Å²) in [7, 11) is 0. The quantitative estimate of drug-likeness (QED) is 0.667. The molecule has 3 aromatic rings. The summed E-state index contributed by atoms with van der Waals surface area (Å²) < 4.78 is 12.3. The fourth-order valence-electron chi connectivity index (χ4n) is 4.99. The zero-order valence-corrected chi connectivity index (χ0v) is 16.5. The van der Waals surface area contributed by atoms with Crippen molar-refractivity contribution in [1.82, 2.24) is 19.9 Å². The van der Waals surface area contributed by atoms with Crippen molar-refractivity contribution in [2.45, 2.75) is 56.3 Å². The fourth-order valence-corrected chi connectivity index (χ4v) is 4.99. The Morgan fingerprint density at radius 3 is 2.83 bits per heavy atom. The maximum absolute atomic E-state index is 13.2. The Kier molecular flexibility index (Phi) is 4.07. The van der Waals surface area contributed by atoms with E-state index in [-0.39, 0.29) is 24.3 Å². The molecule has 152 valence electrons. The molecule has 1 aromatic carbocycles. The SMILES string of the molecule is O=C1N2C(CC[C@H]2c2cnccn2)OC12CC(OCc1ccc3cnccc3c1)C2. The first-order valence-corrected chi connectivity index (χ1v) is 10.4. The molecule has 0 N–H and O–H groups in total. The van der Waals surface area contributed by atoms with Crippen molar-refractivity contribution in [1.29, 1.82) is 0 Å². The summed E-state index contributed by atoms with van der Waals surface area (Å²) in [6, 6.07) is 8.22. The van der Waals surface area contributed by atoms with Crippen LogP contribution < -0.4 is 0 Å². The summed E-state index contributed by atoms with van der Waals surface area (Å²) in [6.07, 6.45) is 11.6. The van der Waals surface area contributed by atoms with E-state index in [0.29, 0.717) is 19.4 Å². The number of hydrogen-bond acceptors (Lipinski definition) is 6.